The average molecular weight is 469 g/mol. The molecule has 3 N–H and O–H groups in total. The summed E-state index contributed by atoms with van der Waals surface area (Å²) in [5.74, 6) is 1.84. The molecule has 3 rings (SSSR count). The molecule has 1 aromatic heterocycles. The lowest BCUT2D eigenvalue weighted by atomic mass is 9.81. The molecule has 1 aromatic carbocycles. The van der Waals surface area contributed by atoms with Crippen LogP contribution in [0.3, 0.4) is 0 Å². The van der Waals surface area contributed by atoms with Crippen molar-refractivity contribution in [2.24, 2.45) is 5.73 Å². The minimum atomic E-state index is -0.301. The van der Waals surface area contributed by atoms with Crippen LogP contribution in [0.4, 0.5) is 17.5 Å². The van der Waals surface area contributed by atoms with E-state index in [2.05, 4.69) is 39.6 Å². The Balaban J connectivity index is 0.00000240. The Morgan fingerprint density at radius 1 is 1.16 bits per heavy atom. The van der Waals surface area contributed by atoms with Crippen LogP contribution in [0.2, 0.25) is 0 Å². The Kier molecular flexibility index (Phi) is 10.9. The van der Waals surface area contributed by atoms with Crippen LogP contribution in [0.25, 0.3) is 0 Å². The molecule has 2 aromatic rings. The number of rotatable bonds is 8. The molecule has 1 heterocycles. The Labute approximate surface area is 197 Å². The van der Waals surface area contributed by atoms with Gasteiger partial charge in [0, 0.05) is 38.6 Å². The number of carbonyl (C=O) groups is 1. The lowest BCUT2D eigenvalue weighted by Gasteiger charge is -2.30. The van der Waals surface area contributed by atoms with Gasteiger partial charge < -0.3 is 20.9 Å². The summed E-state index contributed by atoms with van der Waals surface area (Å²) in [4.78, 5) is 24.3. The molecule has 0 unspecified atom stereocenters. The van der Waals surface area contributed by atoms with Crippen LogP contribution in [0.5, 0.6) is 0 Å². The van der Waals surface area contributed by atoms with Crippen LogP contribution in [-0.4, -0.2) is 49.1 Å². The molecular weight excluding hydrogens is 435 g/mol. The fraction of sp³-hybridized carbons (Fsp3) is 0.500. The highest BCUT2D eigenvalue weighted by atomic mass is 35.5. The van der Waals surface area contributed by atoms with Gasteiger partial charge in [-0.1, -0.05) is 12.1 Å². The molecule has 0 atom stereocenters. The minimum Gasteiger partial charge on any atom is -0.368 e. The van der Waals surface area contributed by atoms with Crippen LogP contribution in [-0.2, 0) is 4.79 Å². The first kappa shape index (κ1) is 26.8. The van der Waals surface area contributed by atoms with Crippen molar-refractivity contribution in [2.45, 2.75) is 44.6 Å². The van der Waals surface area contributed by atoms with E-state index < -0.39 is 0 Å². The summed E-state index contributed by atoms with van der Waals surface area (Å²) >= 11 is 0. The van der Waals surface area contributed by atoms with Gasteiger partial charge in [-0.2, -0.15) is 4.98 Å². The summed E-state index contributed by atoms with van der Waals surface area (Å²) in [6.45, 7) is 3.05. The fourth-order valence-electron chi connectivity index (χ4n) is 3.97. The molecule has 1 fully saturated rings. The lowest BCUT2D eigenvalue weighted by molar-refractivity contribution is -0.116. The zero-order valence-electron chi connectivity index (χ0n) is 18.5. The number of amides is 1. The number of anilines is 3. The summed E-state index contributed by atoms with van der Waals surface area (Å²) in [6.07, 6.45) is 6.21. The lowest BCUT2D eigenvalue weighted by Crippen LogP contribution is -2.33. The zero-order chi connectivity index (χ0) is 20.8. The maximum absolute atomic E-state index is 11.3. The van der Waals surface area contributed by atoms with E-state index in [0.717, 1.165) is 43.7 Å². The van der Waals surface area contributed by atoms with Crippen molar-refractivity contribution in [3.63, 3.8) is 0 Å². The maximum atomic E-state index is 11.3. The van der Waals surface area contributed by atoms with Crippen molar-refractivity contribution in [1.29, 1.82) is 0 Å². The van der Waals surface area contributed by atoms with Gasteiger partial charge in [0.2, 0.25) is 11.9 Å². The maximum Gasteiger partial charge on any atom is 0.236 e. The second kappa shape index (κ2) is 12.6. The van der Waals surface area contributed by atoms with Gasteiger partial charge in [0.1, 0.15) is 5.82 Å². The largest absolute Gasteiger partial charge is 0.368 e. The van der Waals surface area contributed by atoms with E-state index in [9.17, 15) is 4.79 Å². The van der Waals surface area contributed by atoms with Crippen LogP contribution in [0, 0.1) is 0 Å². The van der Waals surface area contributed by atoms with Crippen molar-refractivity contribution in [2.75, 3.05) is 42.3 Å². The molecule has 1 aliphatic rings. The number of carbonyl (C=O) groups excluding carboxylic acids is 1. The van der Waals surface area contributed by atoms with Gasteiger partial charge in [0.05, 0.1) is 6.54 Å². The molecule has 0 saturated heterocycles. The van der Waals surface area contributed by atoms with Gasteiger partial charge in [-0.25, -0.2) is 4.98 Å². The number of likely N-dealkylation sites (N-methyl/N-ethyl adjacent to an activating group) is 1. The Morgan fingerprint density at radius 2 is 1.87 bits per heavy atom. The molecule has 7 nitrogen and oxygen atoms in total. The first-order chi connectivity index (χ1) is 14.0. The second-order valence-corrected chi connectivity index (χ2v) is 7.90. The van der Waals surface area contributed by atoms with Crippen LogP contribution >= 0.6 is 24.8 Å². The fourth-order valence-corrected chi connectivity index (χ4v) is 3.97. The number of hydrogen-bond acceptors (Lipinski definition) is 6. The van der Waals surface area contributed by atoms with E-state index >= 15 is 0 Å². The summed E-state index contributed by atoms with van der Waals surface area (Å²) in [5, 5.41) is 3.50. The molecule has 1 saturated carbocycles. The molecule has 31 heavy (non-hydrogen) atoms. The predicted molar refractivity (Wildman–Crippen MR) is 133 cm³/mol. The quantitative estimate of drug-likeness (QED) is 0.611. The van der Waals surface area contributed by atoms with Crippen molar-refractivity contribution in [3.8, 4) is 0 Å². The molecule has 0 aliphatic heterocycles. The molecule has 172 valence electrons. The monoisotopic (exact) mass is 468 g/mol. The van der Waals surface area contributed by atoms with Gasteiger partial charge in [-0.3, -0.25) is 4.79 Å². The third kappa shape index (κ3) is 7.43. The highest BCUT2D eigenvalue weighted by molar-refractivity contribution is 5.85. The van der Waals surface area contributed by atoms with Gasteiger partial charge in [0.15, 0.2) is 0 Å². The second-order valence-electron chi connectivity index (χ2n) is 7.90. The predicted octanol–water partition coefficient (Wildman–Crippen LogP) is 3.84. The number of nitrogens with zero attached hydrogens (tertiary/aromatic N) is 4. The summed E-state index contributed by atoms with van der Waals surface area (Å²) in [5.41, 5.74) is 7.80. The van der Waals surface area contributed by atoms with Crippen molar-refractivity contribution in [3.05, 3.63) is 42.1 Å². The topological polar surface area (TPSA) is 87.4 Å². The van der Waals surface area contributed by atoms with E-state index in [-0.39, 0.29) is 37.3 Å². The van der Waals surface area contributed by atoms with Crippen LogP contribution < -0.4 is 20.9 Å². The van der Waals surface area contributed by atoms with Gasteiger partial charge in [-0.15, -0.1) is 24.8 Å². The van der Waals surface area contributed by atoms with Crippen molar-refractivity contribution >= 4 is 48.2 Å². The first-order valence-corrected chi connectivity index (χ1v) is 10.4. The highest BCUT2D eigenvalue weighted by Crippen LogP contribution is 2.35. The van der Waals surface area contributed by atoms with E-state index in [1.54, 1.807) is 6.20 Å². The molecule has 9 heteroatoms. The number of nitrogens with two attached hydrogens (primary N) is 1. The Morgan fingerprint density at radius 3 is 2.48 bits per heavy atom. The average Bonchev–Trinajstić information content (AvgIpc) is 2.72. The van der Waals surface area contributed by atoms with Crippen LogP contribution in [0.15, 0.2) is 36.5 Å². The van der Waals surface area contributed by atoms with Gasteiger partial charge in [-0.05, 0) is 62.3 Å². The van der Waals surface area contributed by atoms with Crippen molar-refractivity contribution in [1.82, 2.24) is 9.97 Å². The van der Waals surface area contributed by atoms with E-state index in [1.807, 2.05) is 36.9 Å². The normalized spacial score (nSPS) is 17.6. The van der Waals surface area contributed by atoms with Gasteiger partial charge >= 0.3 is 0 Å². The molecule has 1 aliphatic carbocycles. The summed E-state index contributed by atoms with van der Waals surface area (Å²) < 4.78 is 0. The molecule has 0 spiro atoms. The standard InChI is InChI=1S/C22H32N6O.2ClH/c1-4-28(15-20(23)29)19-7-5-6-17(14-19)16-8-10-18(11-9-16)25-22-24-13-12-21(26-22)27(2)3;;/h5-7,12-14,16,18H,4,8-11,15H2,1-3H3,(H2,23,29)(H,24,25,26);2*1H. The SMILES string of the molecule is CCN(CC(N)=O)c1cccc(C2CCC(Nc3nccc(N(C)C)n3)CC2)c1.Cl.Cl. The molecule has 1 amide bonds. The van der Waals surface area contributed by atoms with E-state index in [4.69, 9.17) is 5.73 Å². The number of nitrogens with one attached hydrogen (secondary N) is 1. The number of benzene rings is 1. The molecule has 0 radical (unpaired) electrons. The number of halogens is 2. The zero-order valence-corrected chi connectivity index (χ0v) is 20.1. The van der Waals surface area contributed by atoms with E-state index in [1.165, 1.54) is 5.56 Å². The smallest absolute Gasteiger partial charge is 0.236 e. The third-order valence-electron chi connectivity index (χ3n) is 5.59. The first-order valence-electron chi connectivity index (χ1n) is 10.4. The van der Waals surface area contributed by atoms with Crippen molar-refractivity contribution < 1.29 is 4.79 Å². The highest BCUT2D eigenvalue weighted by Gasteiger charge is 2.23. The number of aromatic nitrogens is 2. The van der Waals surface area contributed by atoms with Gasteiger partial charge in [0.25, 0.3) is 0 Å². The van der Waals surface area contributed by atoms with E-state index in [0.29, 0.717) is 17.9 Å². The van der Waals surface area contributed by atoms with Crippen LogP contribution in [0.1, 0.15) is 44.1 Å². The number of hydrogen-bond donors (Lipinski definition) is 2. The summed E-state index contributed by atoms with van der Waals surface area (Å²) in [6, 6.07) is 10.9. The third-order valence-corrected chi connectivity index (χ3v) is 5.59. The number of primary amides is 1. The Hall–Kier alpha value is -2.25. The minimum absolute atomic E-state index is 0. The summed E-state index contributed by atoms with van der Waals surface area (Å²) in [7, 11) is 3.96. The Bertz CT molecular complexity index is 827. The molecule has 0 bridgehead atoms. The molecular formula is C22H34Cl2N6O.